The normalized spacial score (nSPS) is 28.4. The Morgan fingerprint density at radius 1 is 1.25 bits per heavy atom. The fraction of sp³-hybridized carbons (Fsp3) is 0.636. The summed E-state index contributed by atoms with van der Waals surface area (Å²) in [5.74, 6) is 2.83. The predicted octanol–water partition coefficient (Wildman–Crippen LogP) is 1.95. The molecule has 1 saturated carbocycles. The van der Waals surface area contributed by atoms with Crippen LogP contribution < -0.4 is 10.6 Å². The van der Waals surface area contributed by atoms with E-state index in [1.807, 2.05) is 0 Å². The van der Waals surface area contributed by atoms with Crippen molar-refractivity contribution in [3.63, 3.8) is 0 Å². The lowest BCUT2D eigenvalue weighted by Crippen LogP contribution is -2.22. The van der Waals surface area contributed by atoms with E-state index >= 15 is 0 Å². The Balaban J connectivity index is 1.83. The molecule has 0 radical (unpaired) electrons. The van der Waals surface area contributed by atoms with Gasteiger partial charge in [-0.05, 0) is 24.7 Å². The third kappa shape index (κ3) is 1.71. The first-order chi connectivity index (χ1) is 7.72. The molecule has 0 aromatic carbocycles. The van der Waals surface area contributed by atoms with Crippen LogP contribution in [0.25, 0.3) is 0 Å². The van der Waals surface area contributed by atoms with Crippen molar-refractivity contribution in [2.24, 2.45) is 11.8 Å². The summed E-state index contributed by atoms with van der Waals surface area (Å²) in [7, 11) is 0. The van der Waals surface area contributed by atoms with E-state index in [1.165, 1.54) is 19.3 Å². The average molecular weight is 239 g/mol. The summed E-state index contributed by atoms with van der Waals surface area (Å²) in [6, 6.07) is 1.80. The lowest BCUT2D eigenvalue weighted by atomic mass is 10.0. The summed E-state index contributed by atoms with van der Waals surface area (Å²) in [5.41, 5.74) is 5.61. The molecule has 1 aliphatic heterocycles. The van der Waals surface area contributed by atoms with Gasteiger partial charge in [0, 0.05) is 19.2 Å². The molecule has 3 rings (SSSR count). The third-order valence-electron chi connectivity index (χ3n) is 3.75. The van der Waals surface area contributed by atoms with E-state index in [1.54, 1.807) is 6.07 Å². The first kappa shape index (κ1) is 10.1. The topological polar surface area (TPSA) is 55.0 Å². The third-order valence-corrected chi connectivity index (χ3v) is 3.94. The van der Waals surface area contributed by atoms with Gasteiger partial charge < -0.3 is 10.6 Å². The maximum Gasteiger partial charge on any atom is 0.223 e. The highest BCUT2D eigenvalue weighted by Crippen LogP contribution is 2.39. The maximum absolute atomic E-state index is 5.89. The van der Waals surface area contributed by atoms with E-state index in [9.17, 15) is 0 Å². The van der Waals surface area contributed by atoms with Gasteiger partial charge in [-0.15, -0.1) is 0 Å². The van der Waals surface area contributed by atoms with E-state index in [4.69, 9.17) is 17.3 Å². The zero-order chi connectivity index (χ0) is 11.1. The van der Waals surface area contributed by atoms with Crippen LogP contribution >= 0.6 is 11.6 Å². The largest absolute Gasteiger partial charge is 0.368 e. The highest BCUT2D eigenvalue weighted by Gasteiger charge is 2.36. The van der Waals surface area contributed by atoms with E-state index in [0.29, 0.717) is 5.15 Å². The Kier molecular flexibility index (Phi) is 2.39. The summed E-state index contributed by atoms with van der Waals surface area (Å²) < 4.78 is 0. The Morgan fingerprint density at radius 2 is 1.94 bits per heavy atom. The van der Waals surface area contributed by atoms with Crippen LogP contribution in [0.1, 0.15) is 19.3 Å². The van der Waals surface area contributed by atoms with Gasteiger partial charge in [-0.2, -0.15) is 4.98 Å². The summed E-state index contributed by atoms with van der Waals surface area (Å²) in [4.78, 5) is 10.4. The van der Waals surface area contributed by atoms with E-state index in [2.05, 4.69) is 14.9 Å². The molecule has 5 heteroatoms. The molecule has 1 aromatic heterocycles. The number of fused-ring (bicyclic) bond motifs is 1. The molecule has 0 bridgehead atoms. The number of hydrogen-bond donors (Lipinski definition) is 1. The first-order valence-corrected chi connectivity index (χ1v) is 6.15. The van der Waals surface area contributed by atoms with Gasteiger partial charge >= 0.3 is 0 Å². The zero-order valence-corrected chi connectivity index (χ0v) is 9.82. The molecule has 16 heavy (non-hydrogen) atoms. The van der Waals surface area contributed by atoms with Crippen LogP contribution in [0, 0.1) is 11.8 Å². The van der Waals surface area contributed by atoms with Gasteiger partial charge in [0.05, 0.1) is 0 Å². The van der Waals surface area contributed by atoms with Gasteiger partial charge in [0.1, 0.15) is 11.0 Å². The van der Waals surface area contributed by atoms with Gasteiger partial charge in [-0.1, -0.05) is 18.0 Å². The zero-order valence-electron chi connectivity index (χ0n) is 9.06. The molecule has 1 saturated heterocycles. The van der Waals surface area contributed by atoms with Crippen molar-refractivity contribution < 1.29 is 0 Å². The van der Waals surface area contributed by atoms with Crippen molar-refractivity contribution >= 4 is 23.4 Å². The van der Waals surface area contributed by atoms with Crippen molar-refractivity contribution in [3.8, 4) is 0 Å². The average Bonchev–Trinajstić information content (AvgIpc) is 2.74. The minimum atomic E-state index is 0.263. The quantitative estimate of drug-likeness (QED) is 0.760. The molecular weight excluding hydrogens is 224 g/mol. The fourth-order valence-corrected chi connectivity index (χ4v) is 3.19. The number of nitrogens with two attached hydrogens (primary N) is 1. The van der Waals surface area contributed by atoms with Crippen LogP contribution in [0.2, 0.25) is 5.15 Å². The Morgan fingerprint density at radius 3 is 2.56 bits per heavy atom. The number of halogens is 1. The van der Waals surface area contributed by atoms with Gasteiger partial charge in [0.2, 0.25) is 5.95 Å². The molecule has 2 atom stereocenters. The monoisotopic (exact) mass is 238 g/mol. The van der Waals surface area contributed by atoms with Crippen molar-refractivity contribution in [2.45, 2.75) is 19.3 Å². The summed E-state index contributed by atoms with van der Waals surface area (Å²) in [6.07, 6.45) is 4.10. The van der Waals surface area contributed by atoms with Crippen molar-refractivity contribution in [2.75, 3.05) is 23.7 Å². The highest BCUT2D eigenvalue weighted by molar-refractivity contribution is 6.29. The molecule has 2 fully saturated rings. The molecule has 1 aliphatic carbocycles. The second-order valence-electron chi connectivity index (χ2n) is 4.76. The lowest BCUT2D eigenvalue weighted by molar-refractivity contribution is 0.494. The van der Waals surface area contributed by atoms with E-state index in [-0.39, 0.29) is 5.95 Å². The molecule has 0 amide bonds. The van der Waals surface area contributed by atoms with Crippen molar-refractivity contribution in [1.82, 2.24) is 9.97 Å². The smallest absolute Gasteiger partial charge is 0.223 e. The minimum absolute atomic E-state index is 0.263. The van der Waals surface area contributed by atoms with Gasteiger partial charge in [0.25, 0.3) is 0 Å². The Hall–Kier alpha value is -1.03. The molecular formula is C11H15ClN4. The number of nitrogens with zero attached hydrogens (tertiary/aromatic N) is 3. The van der Waals surface area contributed by atoms with Crippen molar-refractivity contribution in [3.05, 3.63) is 11.2 Å². The van der Waals surface area contributed by atoms with Gasteiger partial charge in [-0.25, -0.2) is 4.98 Å². The highest BCUT2D eigenvalue weighted by atomic mass is 35.5. The molecule has 2 heterocycles. The number of nitrogen functional groups attached to an aromatic ring is 1. The van der Waals surface area contributed by atoms with Gasteiger partial charge in [0.15, 0.2) is 0 Å². The molecule has 2 aliphatic rings. The Bertz CT molecular complexity index is 377. The van der Waals surface area contributed by atoms with Crippen molar-refractivity contribution in [1.29, 1.82) is 0 Å². The van der Waals surface area contributed by atoms with Crippen LogP contribution in [0.4, 0.5) is 11.8 Å². The second kappa shape index (κ2) is 3.77. The first-order valence-electron chi connectivity index (χ1n) is 5.77. The van der Waals surface area contributed by atoms with Crippen LogP contribution in [0.15, 0.2) is 6.07 Å². The van der Waals surface area contributed by atoms with Gasteiger partial charge in [-0.3, -0.25) is 0 Å². The number of hydrogen-bond acceptors (Lipinski definition) is 4. The van der Waals surface area contributed by atoms with E-state index in [0.717, 1.165) is 30.7 Å². The molecule has 0 spiro atoms. The summed E-state index contributed by atoms with van der Waals surface area (Å²) in [5, 5.41) is 0.430. The molecule has 1 aromatic rings. The number of anilines is 2. The molecule has 2 unspecified atom stereocenters. The summed E-state index contributed by atoms with van der Waals surface area (Å²) >= 11 is 5.89. The standard InChI is InChI=1S/C11H15ClN4/c12-9-4-10(15-11(13)14-9)16-5-7-2-1-3-8(7)6-16/h4,7-8H,1-3,5-6H2,(H2,13,14,15). The van der Waals surface area contributed by atoms with Crippen LogP contribution in [-0.4, -0.2) is 23.1 Å². The molecule has 2 N–H and O–H groups in total. The second-order valence-corrected chi connectivity index (χ2v) is 5.15. The summed E-state index contributed by atoms with van der Waals surface area (Å²) in [6.45, 7) is 2.19. The molecule has 4 nitrogen and oxygen atoms in total. The number of rotatable bonds is 1. The predicted molar refractivity (Wildman–Crippen MR) is 64.5 cm³/mol. The SMILES string of the molecule is Nc1nc(Cl)cc(N2CC3CCCC3C2)n1. The van der Waals surface area contributed by atoms with Crippen LogP contribution in [0.3, 0.4) is 0 Å². The Labute approximate surface area is 99.8 Å². The van der Waals surface area contributed by atoms with E-state index < -0.39 is 0 Å². The number of aromatic nitrogens is 2. The lowest BCUT2D eigenvalue weighted by Gasteiger charge is -2.18. The van der Waals surface area contributed by atoms with Crippen LogP contribution in [-0.2, 0) is 0 Å². The fourth-order valence-electron chi connectivity index (χ4n) is 3.01. The molecule has 86 valence electrons. The maximum atomic E-state index is 5.89. The minimum Gasteiger partial charge on any atom is -0.368 e. The van der Waals surface area contributed by atoms with Crippen LogP contribution in [0.5, 0.6) is 0 Å².